The SMILES string of the molecule is CC(C)c1nc(NS(C)(=O)=O)nc(-c2ccc(F)cc2)c1/C=C/C1CC(O)CC(=O)O1. The molecule has 8 nitrogen and oxygen atoms in total. The molecule has 0 amide bonds. The lowest BCUT2D eigenvalue weighted by Crippen LogP contribution is -2.31. The third-order valence-electron chi connectivity index (χ3n) is 4.58. The molecule has 0 radical (unpaired) electrons. The van der Waals surface area contributed by atoms with Gasteiger partial charge in [0.05, 0.1) is 30.2 Å². The fraction of sp³-hybridized carbons (Fsp3) is 0.381. The smallest absolute Gasteiger partial charge is 0.309 e. The number of nitrogens with zero attached hydrogens (tertiary/aromatic N) is 2. The fourth-order valence-electron chi connectivity index (χ4n) is 3.26. The van der Waals surface area contributed by atoms with Crippen molar-refractivity contribution in [2.75, 3.05) is 11.0 Å². The summed E-state index contributed by atoms with van der Waals surface area (Å²) < 4.78 is 44.5. The van der Waals surface area contributed by atoms with E-state index in [0.29, 0.717) is 22.5 Å². The van der Waals surface area contributed by atoms with Crippen LogP contribution in [-0.2, 0) is 19.6 Å². The first kappa shape index (κ1) is 22.8. The Morgan fingerprint density at radius 3 is 2.52 bits per heavy atom. The zero-order valence-corrected chi connectivity index (χ0v) is 18.2. The highest BCUT2D eigenvalue weighted by molar-refractivity contribution is 7.91. The molecule has 0 spiro atoms. The molecule has 2 heterocycles. The van der Waals surface area contributed by atoms with Crippen LogP contribution in [-0.4, -0.2) is 47.9 Å². The lowest BCUT2D eigenvalue weighted by molar-refractivity contribution is -0.156. The molecule has 1 saturated heterocycles. The second kappa shape index (κ2) is 9.11. The summed E-state index contributed by atoms with van der Waals surface area (Å²) in [5, 5.41) is 9.83. The zero-order valence-electron chi connectivity index (χ0n) is 17.4. The Morgan fingerprint density at radius 1 is 1.26 bits per heavy atom. The van der Waals surface area contributed by atoms with Gasteiger partial charge in [0, 0.05) is 17.5 Å². The molecule has 2 unspecified atom stereocenters. The number of cyclic esters (lactones) is 1. The van der Waals surface area contributed by atoms with Crippen LogP contribution in [0.15, 0.2) is 30.3 Å². The molecule has 0 saturated carbocycles. The summed E-state index contributed by atoms with van der Waals surface area (Å²) in [5.74, 6) is -1.11. The molecule has 1 fully saturated rings. The Morgan fingerprint density at radius 2 is 1.94 bits per heavy atom. The lowest BCUT2D eigenvalue weighted by Gasteiger charge is -2.23. The Hall–Kier alpha value is -2.85. The number of aliphatic hydroxyl groups is 1. The number of carbonyl (C=O) groups excluding carboxylic acids is 1. The number of sulfonamides is 1. The zero-order chi connectivity index (χ0) is 22.8. The van der Waals surface area contributed by atoms with E-state index in [4.69, 9.17) is 4.74 Å². The van der Waals surface area contributed by atoms with Crippen molar-refractivity contribution in [1.29, 1.82) is 0 Å². The van der Waals surface area contributed by atoms with E-state index >= 15 is 0 Å². The summed E-state index contributed by atoms with van der Waals surface area (Å²) in [6.45, 7) is 3.78. The summed E-state index contributed by atoms with van der Waals surface area (Å²) >= 11 is 0. The van der Waals surface area contributed by atoms with Gasteiger partial charge in [0.25, 0.3) is 0 Å². The van der Waals surface area contributed by atoms with Gasteiger partial charge < -0.3 is 9.84 Å². The number of hydrogen-bond donors (Lipinski definition) is 2. The number of anilines is 1. The number of ether oxygens (including phenoxy) is 1. The third kappa shape index (κ3) is 6.08. The van der Waals surface area contributed by atoms with E-state index in [1.807, 2.05) is 13.8 Å². The van der Waals surface area contributed by atoms with Crippen LogP contribution in [0.4, 0.5) is 10.3 Å². The van der Waals surface area contributed by atoms with Crippen molar-refractivity contribution in [2.45, 2.75) is 44.8 Å². The Balaban J connectivity index is 2.13. The van der Waals surface area contributed by atoms with E-state index in [9.17, 15) is 22.7 Å². The number of rotatable bonds is 6. The molecule has 0 bridgehead atoms. The molecule has 166 valence electrons. The maximum absolute atomic E-state index is 13.5. The number of aromatic nitrogens is 2. The van der Waals surface area contributed by atoms with Crippen molar-refractivity contribution >= 4 is 28.0 Å². The molecule has 2 atom stereocenters. The number of nitrogens with one attached hydrogen (secondary N) is 1. The molecule has 10 heteroatoms. The first-order valence-electron chi connectivity index (χ1n) is 9.73. The van der Waals surface area contributed by atoms with Crippen LogP contribution in [0.1, 0.15) is 43.9 Å². The number of aliphatic hydroxyl groups excluding tert-OH is 1. The van der Waals surface area contributed by atoms with Crippen LogP contribution in [0, 0.1) is 5.82 Å². The normalized spacial score (nSPS) is 19.6. The van der Waals surface area contributed by atoms with Gasteiger partial charge in [-0.3, -0.25) is 9.52 Å². The minimum atomic E-state index is -3.62. The van der Waals surface area contributed by atoms with Crippen molar-refractivity contribution in [1.82, 2.24) is 9.97 Å². The van der Waals surface area contributed by atoms with Crippen molar-refractivity contribution < 1.29 is 27.4 Å². The van der Waals surface area contributed by atoms with Crippen molar-refractivity contribution in [2.24, 2.45) is 0 Å². The first-order valence-corrected chi connectivity index (χ1v) is 11.6. The van der Waals surface area contributed by atoms with Crippen molar-refractivity contribution in [3.05, 3.63) is 47.4 Å². The highest BCUT2D eigenvalue weighted by Gasteiger charge is 2.26. The van der Waals surface area contributed by atoms with Gasteiger partial charge in [0.15, 0.2) is 0 Å². The van der Waals surface area contributed by atoms with Gasteiger partial charge >= 0.3 is 5.97 Å². The summed E-state index contributed by atoms with van der Waals surface area (Å²) in [7, 11) is -3.62. The van der Waals surface area contributed by atoms with Gasteiger partial charge in [-0.25, -0.2) is 22.8 Å². The van der Waals surface area contributed by atoms with Crippen LogP contribution in [0.25, 0.3) is 17.3 Å². The Bertz CT molecular complexity index is 1100. The van der Waals surface area contributed by atoms with E-state index in [-0.39, 0.29) is 24.7 Å². The summed E-state index contributed by atoms with van der Waals surface area (Å²) in [4.78, 5) is 20.4. The summed E-state index contributed by atoms with van der Waals surface area (Å²) in [6, 6.07) is 5.63. The minimum Gasteiger partial charge on any atom is -0.458 e. The van der Waals surface area contributed by atoms with Crippen molar-refractivity contribution in [3.8, 4) is 11.3 Å². The predicted molar refractivity (Wildman–Crippen MR) is 114 cm³/mol. The molecule has 1 aromatic heterocycles. The van der Waals surface area contributed by atoms with Gasteiger partial charge in [-0.2, -0.15) is 0 Å². The molecular formula is C21H24FN3O5S. The van der Waals surface area contributed by atoms with E-state index < -0.39 is 34.0 Å². The number of benzene rings is 1. The van der Waals surface area contributed by atoms with Gasteiger partial charge in [-0.05, 0) is 36.3 Å². The number of hydrogen-bond acceptors (Lipinski definition) is 7. The monoisotopic (exact) mass is 449 g/mol. The van der Waals surface area contributed by atoms with Crippen LogP contribution in [0.2, 0.25) is 0 Å². The average molecular weight is 450 g/mol. The van der Waals surface area contributed by atoms with E-state index in [0.717, 1.165) is 6.26 Å². The summed E-state index contributed by atoms with van der Waals surface area (Å²) in [6.07, 6.45) is 3.15. The van der Waals surface area contributed by atoms with Crippen LogP contribution >= 0.6 is 0 Å². The van der Waals surface area contributed by atoms with Gasteiger partial charge in [-0.15, -0.1) is 0 Å². The fourth-order valence-corrected chi connectivity index (χ4v) is 3.68. The summed E-state index contributed by atoms with van der Waals surface area (Å²) in [5.41, 5.74) is 2.09. The maximum Gasteiger partial charge on any atom is 0.309 e. The molecule has 3 rings (SSSR count). The van der Waals surface area contributed by atoms with E-state index in [2.05, 4.69) is 14.7 Å². The first-order chi connectivity index (χ1) is 14.5. The van der Waals surface area contributed by atoms with E-state index in [1.54, 1.807) is 12.2 Å². The van der Waals surface area contributed by atoms with E-state index in [1.165, 1.54) is 24.3 Å². The van der Waals surface area contributed by atoms with Gasteiger partial charge in [0.1, 0.15) is 11.9 Å². The maximum atomic E-state index is 13.5. The molecule has 31 heavy (non-hydrogen) atoms. The van der Waals surface area contributed by atoms with Crippen LogP contribution in [0.3, 0.4) is 0 Å². The molecular weight excluding hydrogens is 425 g/mol. The minimum absolute atomic E-state index is 0.0443. The molecule has 1 aliphatic heterocycles. The second-order valence-electron chi connectivity index (χ2n) is 7.71. The number of halogens is 1. The highest BCUT2D eigenvalue weighted by Crippen LogP contribution is 2.31. The predicted octanol–water partition coefficient (Wildman–Crippen LogP) is 2.86. The topological polar surface area (TPSA) is 118 Å². The molecule has 0 aliphatic carbocycles. The number of esters is 1. The third-order valence-corrected chi connectivity index (χ3v) is 5.14. The Kier molecular flexibility index (Phi) is 6.71. The van der Waals surface area contributed by atoms with Gasteiger partial charge in [0.2, 0.25) is 16.0 Å². The molecule has 2 aromatic rings. The van der Waals surface area contributed by atoms with Crippen molar-refractivity contribution in [3.63, 3.8) is 0 Å². The van der Waals surface area contributed by atoms with Crippen LogP contribution < -0.4 is 4.72 Å². The molecule has 2 N–H and O–H groups in total. The lowest BCUT2D eigenvalue weighted by atomic mass is 9.97. The quantitative estimate of drug-likeness (QED) is 0.651. The number of carbonyl (C=O) groups is 1. The largest absolute Gasteiger partial charge is 0.458 e. The second-order valence-corrected chi connectivity index (χ2v) is 9.46. The molecule has 1 aromatic carbocycles. The van der Waals surface area contributed by atoms with Crippen LogP contribution in [0.5, 0.6) is 0 Å². The van der Waals surface area contributed by atoms with Gasteiger partial charge in [-0.1, -0.05) is 19.9 Å². The average Bonchev–Trinajstić information content (AvgIpc) is 2.65. The molecule has 1 aliphatic rings. The Labute approximate surface area is 180 Å². The highest BCUT2D eigenvalue weighted by atomic mass is 32.2. The standard InChI is InChI=1S/C21H24FN3O5S/c1-12(2)19-17(9-8-16-10-15(26)11-18(27)30-16)20(13-4-6-14(22)7-5-13)24-21(23-19)25-31(3,28)29/h4-9,12,15-16,26H,10-11H2,1-3H3,(H,23,24,25)/b9-8+.